The molecule has 168 valence electrons. The lowest BCUT2D eigenvalue weighted by atomic mass is 9.92. The maximum absolute atomic E-state index is 13.6. The highest BCUT2D eigenvalue weighted by Crippen LogP contribution is 2.28. The van der Waals surface area contributed by atoms with Crippen molar-refractivity contribution in [3.63, 3.8) is 0 Å². The van der Waals surface area contributed by atoms with Crippen molar-refractivity contribution in [1.29, 1.82) is 0 Å². The van der Waals surface area contributed by atoms with E-state index in [0.717, 1.165) is 48.1 Å². The van der Waals surface area contributed by atoms with Gasteiger partial charge in [-0.1, -0.05) is 18.2 Å². The summed E-state index contributed by atoms with van der Waals surface area (Å²) in [7, 11) is 0. The Bertz CT molecular complexity index is 1280. The second-order valence-corrected chi connectivity index (χ2v) is 8.55. The number of piperidine rings is 1. The van der Waals surface area contributed by atoms with E-state index in [9.17, 15) is 9.18 Å². The average Bonchev–Trinajstić information content (AvgIpc) is 3.31. The van der Waals surface area contributed by atoms with Crippen LogP contribution in [0.25, 0.3) is 22.2 Å². The van der Waals surface area contributed by atoms with Crippen molar-refractivity contribution in [2.24, 2.45) is 5.92 Å². The quantitative estimate of drug-likeness (QED) is 0.447. The van der Waals surface area contributed by atoms with E-state index in [0.29, 0.717) is 30.3 Å². The number of para-hydroxylation sites is 1. The molecule has 1 aliphatic heterocycles. The minimum atomic E-state index is -0.295. The van der Waals surface area contributed by atoms with Crippen LogP contribution >= 0.6 is 0 Å². The Balaban J connectivity index is 1.37. The molecule has 1 amide bonds. The lowest BCUT2D eigenvalue weighted by Gasteiger charge is -2.32. The average molecular weight is 444 g/mol. The molecule has 4 aromatic rings. The largest absolute Gasteiger partial charge is 0.339 e. The maximum atomic E-state index is 13.6. The smallest absolute Gasteiger partial charge is 0.254 e. The summed E-state index contributed by atoms with van der Waals surface area (Å²) in [6, 6.07) is 15.8. The first-order chi connectivity index (χ1) is 16.1. The predicted octanol–water partition coefficient (Wildman–Crippen LogP) is 4.75. The van der Waals surface area contributed by atoms with Crippen LogP contribution in [-0.4, -0.2) is 43.6 Å². The second-order valence-electron chi connectivity index (χ2n) is 8.55. The first-order valence-corrected chi connectivity index (χ1v) is 11.4. The van der Waals surface area contributed by atoms with Crippen molar-refractivity contribution >= 4 is 16.8 Å². The van der Waals surface area contributed by atoms with Gasteiger partial charge in [-0.25, -0.2) is 9.37 Å². The Labute approximate surface area is 192 Å². The number of likely N-dealkylation sites (tertiary alicyclic amines) is 1. The molecule has 7 heteroatoms. The molecular weight excluding hydrogens is 417 g/mol. The summed E-state index contributed by atoms with van der Waals surface area (Å²) in [5.41, 5.74) is 2.86. The van der Waals surface area contributed by atoms with Crippen LogP contribution in [0.5, 0.6) is 0 Å². The number of hydrogen-bond donors (Lipinski definition) is 0. The van der Waals surface area contributed by atoms with Crippen molar-refractivity contribution in [2.75, 3.05) is 13.1 Å². The van der Waals surface area contributed by atoms with Crippen LogP contribution in [0.15, 0.2) is 60.9 Å². The number of nitrogens with zero attached hydrogens (tertiary/aromatic N) is 5. The molecule has 0 N–H and O–H groups in total. The Kier molecular flexibility index (Phi) is 5.86. The zero-order valence-corrected chi connectivity index (χ0v) is 18.6. The van der Waals surface area contributed by atoms with Gasteiger partial charge in [-0.05, 0) is 62.1 Å². The summed E-state index contributed by atoms with van der Waals surface area (Å²) < 4.78 is 15.5. The third-order valence-electron chi connectivity index (χ3n) is 6.50. The number of aryl methyl sites for hydroxylation is 1. The number of hydrogen-bond acceptors (Lipinski definition) is 4. The zero-order chi connectivity index (χ0) is 22.8. The van der Waals surface area contributed by atoms with Crippen LogP contribution in [0.2, 0.25) is 0 Å². The summed E-state index contributed by atoms with van der Waals surface area (Å²) in [4.78, 5) is 20.3. The third-order valence-corrected chi connectivity index (χ3v) is 6.50. The Hall–Kier alpha value is -3.61. The fraction of sp³-hybridized carbons (Fsp3) is 0.308. The molecule has 0 saturated carbocycles. The van der Waals surface area contributed by atoms with Crippen LogP contribution < -0.4 is 0 Å². The molecular formula is C26H26FN5O. The van der Waals surface area contributed by atoms with Gasteiger partial charge in [-0.2, -0.15) is 0 Å². The number of rotatable bonds is 5. The Morgan fingerprint density at radius 1 is 1.09 bits per heavy atom. The minimum absolute atomic E-state index is 0.0205. The topological polar surface area (TPSA) is 63.9 Å². The van der Waals surface area contributed by atoms with Gasteiger partial charge in [-0.3, -0.25) is 4.79 Å². The van der Waals surface area contributed by atoms with E-state index in [4.69, 9.17) is 4.98 Å². The van der Waals surface area contributed by atoms with E-state index in [2.05, 4.69) is 21.7 Å². The highest BCUT2D eigenvalue weighted by atomic mass is 19.1. The Morgan fingerprint density at radius 2 is 1.85 bits per heavy atom. The summed E-state index contributed by atoms with van der Waals surface area (Å²) >= 11 is 0. The van der Waals surface area contributed by atoms with Crippen molar-refractivity contribution in [3.8, 4) is 11.3 Å². The molecule has 0 spiro atoms. The van der Waals surface area contributed by atoms with E-state index in [1.165, 1.54) is 12.1 Å². The number of carbonyl (C=O) groups excluding carboxylic acids is 1. The van der Waals surface area contributed by atoms with Crippen LogP contribution in [-0.2, 0) is 13.0 Å². The highest BCUT2D eigenvalue weighted by Gasteiger charge is 2.26. The van der Waals surface area contributed by atoms with E-state index >= 15 is 0 Å². The van der Waals surface area contributed by atoms with Crippen LogP contribution in [0.4, 0.5) is 4.39 Å². The third kappa shape index (κ3) is 4.35. The highest BCUT2D eigenvalue weighted by molar-refractivity contribution is 6.07. The monoisotopic (exact) mass is 443 g/mol. The van der Waals surface area contributed by atoms with Gasteiger partial charge in [0.2, 0.25) is 0 Å². The van der Waals surface area contributed by atoms with E-state index in [1.807, 2.05) is 35.2 Å². The van der Waals surface area contributed by atoms with Gasteiger partial charge in [0.25, 0.3) is 5.91 Å². The van der Waals surface area contributed by atoms with Gasteiger partial charge < -0.3 is 9.47 Å². The molecule has 2 aromatic heterocycles. The van der Waals surface area contributed by atoms with E-state index in [-0.39, 0.29) is 11.7 Å². The SMILES string of the molecule is CCn1cnnc1CC1CCN(C(=O)c2cc(-c3ccc(F)cc3)nc3ccccc23)CC1. The lowest BCUT2D eigenvalue weighted by Crippen LogP contribution is -2.39. The molecule has 1 aliphatic rings. The molecule has 0 unspecified atom stereocenters. The summed E-state index contributed by atoms with van der Waals surface area (Å²) in [6.07, 6.45) is 4.55. The number of fused-ring (bicyclic) bond motifs is 1. The summed E-state index contributed by atoms with van der Waals surface area (Å²) in [5, 5.41) is 9.13. The molecule has 5 rings (SSSR count). The maximum Gasteiger partial charge on any atom is 0.254 e. The van der Waals surface area contributed by atoms with Crippen LogP contribution in [0, 0.1) is 11.7 Å². The fourth-order valence-electron chi connectivity index (χ4n) is 4.59. The molecule has 33 heavy (non-hydrogen) atoms. The van der Waals surface area contributed by atoms with Gasteiger partial charge in [0, 0.05) is 37.0 Å². The fourth-order valence-corrected chi connectivity index (χ4v) is 4.59. The van der Waals surface area contributed by atoms with Crippen molar-refractivity contribution in [3.05, 3.63) is 78.1 Å². The van der Waals surface area contributed by atoms with Crippen molar-refractivity contribution < 1.29 is 9.18 Å². The molecule has 6 nitrogen and oxygen atoms in total. The van der Waals surface area contributed by atoms with Gasteiger partial charge in [0.15, 0.2) is 0 Å². The number of benzene rings is 2. The number of amides is 1. The number of pyridine rings is 1. The predicted molar refractivity (Wildman–Crippen MR) is 125 cm³/mol. The molecule has 3 heterocycles. The van der Waals surface area contributed by atoms with Crippen LogP contribution in [0.3, 0.4) is 0 Å². The number of halogens is 1. The summed E-state index contributed by atoms with van der Waals surface area (Å²) in [5.74, 6) is 1.24. The van der Waals surface area contributed by atoms with Gasteiger partial charge in [0.05, 0.1) is 16.8 Å². The lowest BCUT2D eigenvalue weighted by molar-refractivity contribution is 0.0691. The number of carbonyl (C=O) groups is 1. The first-order valence-electron chi connectivity index (χ1n) is 11.4. The van der Waals surface area contributed by atoms with Crippen molar-refractivity contribution in [1.82, 2.24) is 24.6 Å². The zero-order valence-electron chi connectivity index (χ0n) is 18.6. The first kappa shape index (κ1) is 21.2. The van der Waals surface area contributed by atoms with Gasteiger partial charge >= 0.3 is 0 Å². The summed E-state index contributed by atoms with van der Waals surface area (Å²) in [6.45, 7) is 4.39. The van der Waals surface area contributed by atoms with E-state index < -0.39 is 0 Å². The molecule has 1 saturated heterocycles. The molecule has 2 aromatic carbocycles. The molecule has 0 bridgehead atoms. The molecule has 0 radical (unpaired) electrons. The second kappa shape index (κ2) is 9.10. The Morgan fingerprint density at radius 3 is 2.61 bits per heavy atom. The van der Waals surface area contributed by atoms with Crippen LogP contribution in [0.1, 0.15) is 35.9 Å². The molecule has 0 aliphatic carbocycles. The molecule has 1 fully saturated rings. The van der Waals surface area contributed by atoms with Gasteiger partial charge in [0.1, 0.15) is 18.0 Å². The van der Waals surface area contributed by atoms with Crippen molar-refractivity contribution in [2.45, 2.75) is 32.7 Å². The normalized spacial score (nSPS) is 14.7. The molecule has 0 atom stereocenters. The standard InChI is InChI=1S/C26H26FN5O/c1-2-31-17-28-30-25(31)15-18-11-13-32(14-12-18)26(33)22-16-24(19-7-9-20(27)10-8-19)29-23-6-4-3-5-21(22)23/h3-10,16-18H,2,11-15H2,1H3. The number of aromatic nitrogens is 4. The van der Waals surface area contributed by atoms with E-state index in [1.54, 1.807) is 18.5 Å². The van der Waals surface area contributed by atoms with Gasteiger partial charge in [-0.15, -0.1) is 10.2 Å². The minimum Gasteiger partial charge on any atom is -0.339 e.